The van der Waals surface area contributed by atoms with Gasteiger partial charge in [0.05, 0.1) is 11.6 Å². The number of hydrogen-bond acceptors (Lipinski definition) is 4. The molecule has 0 radical (unpaired) electrons. The zero-order chi connectivity index (χ0) is 16.3. The van der Waals surface area contributed by atoms with Gasteiger partial charge >= 0.3 is 0 Å². The minimum absolute atomic E-state index is 0. The summed E-state index contributed by atoms with van der Waals surface area (Å²) in [4.78, 5) is 14.9. The Hall–Kier alpha value is -1.01. The molecule has 2 aliphatic heterocycles. The van der Waals surface area contributed by atoms with Crippen molar-refractivity contribution in [2.24, 2.45) is 5.73 Å². The molecule has 0 spiro atoms. The third-order valence-corrected chi connectivity index (χ3v) is 5.03. The number of nitrogens with one attached hydrogen (secondary N) is 1. The molecule has 5 nitrogen and oxygen atoms in total. The lowest BCUT2D eigenvalue weighted by molar-refractivity contribution is -0.130. The van der Waals surface area contributed by atoms with Crippen LogP contribution in [0.5, 0.6) is 0 Å². The standard InChI is InChI=1S/C18H27N3O2.2ClH/c1-14(20-17(22)18(19)7-11-23-12-8-18)15-5-4-6-16(13-15)21-9-2-3-10-21;;/h4-6,13-14H,2-3,7-12,19H2,1H3,(H,20,22);2*1H. The average Bonchev–Trinajstić information content (AvgIpc) is 3.10. The third kappa shape index (κ3) is 5.23. The highest BCUT2D eigenvalue weighted by molar-refractivity contribution is 5.86. The summed E-state index contributed by atoms with van der Waals surface area (Å²) in [6, 6.07) is 8.42. The molecule has 7 heteroatoms. The fourth-order valence-electron chi connectivity index (χ4n) is 3.35. The number of amides is 1. The number of benzene rings is 1. The molecule has 1 aromatic carbocycles. The second-order valence-electron chi connectivity index (χ2n) is 6.75. The van der Waals surface area contributed by atoms with E-state index in [2.05, 4.69) is 34.5 Å². The molecule has 25 heavy (non-hydrogen) atoms. The smallest absolute Gasteiger partial charge is 0.240 e. The Balaban J connectivity index is 0.00000156. The number of halogens is 2. The highest BCUT2D eigenvalue weighted by Crippen LogP contribution is 2.25. The summed E-state index contributed by atoms with van der Waals surface area (Å²) >= 11 is 0. The van der Waals surface area contributed by atoms with Gasteiger partial charge in [-0.15, -0.1) is 24.8 Å². The van der Waals surface area contributed by atoms with Crippen molar-refractivity contribution in [2.45, 2.75) is 44.2 Å². The lowest BCUT2D eigenvalue weighted by Crippen LogP contribution is -2.57. The molecule has 0 saturated carbocycles. The molecule has 2 aliphatic rings. The van der Waals surface area contributed by atoms with Gasteiger partial charge in [0.1, 0.15) is 0 Å². The van der Waals surface area contributed by atoms with E-state index >= 15 is 0 Å². The van der Waals surface area contributed by atoms with E-state index in [4.69, 9.17) is 10.5 Å². The van der Waals surface area contributed by atoms with Crippen LogP contribution in [-0.2, 0) is 9.53 Å². The molecule has 0 bridgehead atoms. The van der Waals surface area contributed by atoms with E-state index in [-0.39, 0.29) is 36.8 Å². The van der Waals surface area contributed by atoms with Crippen LogP contribution in [0, 0.1) is 0 Å². The van der Waals surface area contributed by atoms with E-state index in [0.717, 1.165) is 18.7 Å². The van der Waals surface area contributed by atoms with Gasteiger partial charge in [0.25, 0.3) is 0 Å². The molecule has 0 aromatic heterocycles. The van der Waals surface area contributed by atoms with Crippen molar-refractivity contribution in [3.8, 4) is 0 Å². The molecule has 2 heterocycles. The van der Waals surface area contributed by atoms with E-state index in [1.165, 1.54) is 18.5 Å². The second kappa shape index (κ2) is 9.62. The molecule has 2 fully saturated rings. The monoisotopic (exact) mass is 389 g/mol. The van der Waals surface area contributed by atoms with Crippen LogP contribution in [0.25, 0.3) is 0 Å². The fourth-order valence-corrected chi connectivity index (χ4v) is 3.35. The Morgan fingerprint density at radius 2 is 1.88 bits per heavy atom. The average molecular weight is 390 g/mol. The molecule has 2 saturated heterocycles. The summed E-state index contributed by atoms with van der Waals surface area (Å²) < 4.78 is 5.31. The maximum absolute atomic E-state index is 12.5. The van der Waals surface area contributed by atoms with Gasteiger partial charge in [-0.05, 0) is 50.3 Å². The first-order valence-corrected chi connectivity index (χ1v) is 8.61. The van der Waals surface area contributed by atoms with Gasteiger partial charge in [-0.2, -0.15) is 0 Å². The SMILES string of the molecule is CC(NC(=O)C1(N)CCOCC1)c1cccc(N2CCCC2)c1.Cl.Cl. The van der Waals surface area contributed by atoms with Gasteiger partial charge in [-0.1, -0.05) is 12.1 Å². The Morgan fingerprint density at radius 3 is 2.52 bits per heavy atom. The van der Waals surface area contributed by atoms with Gasteiger partial charge in [0.2, 0.25) is 5.91 Å². The fraction of sp³-hybridized carbons (Fsp3) is 0.611. The van der Waals surface area contributed by atoms with Crippen LogP contribution < -0.4 is 16.0 Å². The van der Waals surface area contributed by atoms with Crippen LogP contribution in [0.2, 0.25) is 0 Å². The lowest BCUT2D eigenvalue weighted by atomic mass is 9.90. The number of rotatable bonds is 4. The molecule has 3 N–H and O–H groups in total. The zero-order valence-electron chi connectivity index (χ0n) is 14.7. The van der Waals surface area contributed by atoms with Crippen molar-refractivity contribution in [1.29, 1.82) is 0 Å². The molecular weight excluding hydrogens is 361 g/mol. The molecule has 1 unspecified atom stereocenters. The largest absolute Gasteiger partial charge is 0.381 e. The number of carbonyl (C=O) groups excluding carboxylic acids is 1. The van der Waals surface area contributed by atoms with Crippen LogP contribution in [0.1, 0.15) is 44.2 Å². The predicted octanol–water partition coefficient (Wildman–Crippen LogP) is 2.82. The molecule has 1 amide bonds. The summed E-state index contributed by atoms with van der Waals surface area (Å²) in [5.74, 6) is -0.0696. The van der Waals surface area contributed by atoms with E-state index in [1.807, 2.05) is 6.92 Å². The Kier molecular flexibility index (Phi) is 8.48. The van der Waals surface area contributed by atoms with Crippen molar-refractivity contribution in [3.63, 3.8) is 0 Å². The normalized spacial score (nSPS) is 20.2. The molecule has 3 rings (SSSR count). The maximum atomic E-state index is 12.5. The minimum atomic E-state index is -0.793. The molecule has 1 atom stereocenters. The number of carbonyl (C=O) groups is 1. The van der Waals surface area contributed by atoms with Crippen LogP contribution in [-0.4, -0.2) is 37.7 Å². The second-order valence-corrected chi connectivity index (χ2v) is 6.75. The van der Waals surface area contributed by atoms with E-state index in [0.29, 0.717) is 26.1 Å². The first kappa shape index (κ1) is 22.0. The topological polar surface area (TPSA) is 67.6 Å². The Labute approximate surface area is 162 Å². The summed E-state index contributed by atoms with van der Waals surface area (Å²) in [5.41, 5.74) is 7.83. The van der Waals surface area contributed by atoms with Crippen LogP contribution in [0.3, 0.4) is 0 Å². The number of ether oxygens (including phenoxy) is 1. The van der Waals surface area contributed by atoms with E-state index in [1.54, 1.807) is 0 Å². The first-order chi connectivity index (χ1) is 11.1. The number of hydrogen-bond donors (Lipinski definition) is 2. The first-order valence-electron chi connectivity index (χ1n) is 8.61. The maximum Gasteiger partial charge on any atom is 0.240 e. The van der Waals surface area contributed by atoms with Crippen LogP contribution >= 0.6 is 24.8 Å². The highest BCUT2D eigenvalue weighted by atomic mass is 35.5. The van der Waals surface area contributed by atoms with Crippen molar-refractivity contribution in [3.05, 3.63) is 29.8 Å². The minimum Gasteiger partial charge on any atom is -0.381 e. The molecule has 0 aliphatic carbocycles. The molecular formula is C18H29Cl2N3O2. The van der Waals surface area contributed by atoms with Crippen molar-refractivity contribution in [2.75, 3.05) is 31.2 Å². The summed E-state index contributed by atoms with van der Waals surface area (Å²) in [7, 11) is 0. The highest BCUT2D eigenvalue weighted by Gasteiger charge is 2.36. The summed E-state index contributed by atoms with van der Waals surface area (Å²) in [5, 5.41) is 3.09. The number of anilines is 1. The van der Waals surface area contributed by atoms with Gasteiger partial charge < -0.3 is 20.7 Å². The predicted molar refractivity (Wildman–Crippen MR) is 106 cm³/mol. The summed E-state index contributed by atoms with van der Waals surface area (Å²) in [6.07, 6.45) is 3.68. The lowest BCUT2D eigenvalue weighted by Gasteiger charge is -2.33. The number of nitrogens with zero attached hydrogens (tertiary/aromatic N) is 1. The summed E-state index contributed by atoms with van der Waals surface area (Å²) in [6.45, 7) is 5.38. The van der Waals surface area contributed by atoms with Crippen molar-refractivity contribution >= 4 is 36.4 Å². The van der Waals surface area contributed by atoms with Crippen LogP contribution in [0.4, 0.5) is 5.69 Å². The van der Waals surface area contributed by atoms with Gasteiger partial charge in [-0.25, -0.2) is 0 Å². The van der Waals surface area contributed by atoms with Gasteiger partial charge in [0, 0.05) is 32.0 Å². The van der Waals surface area contributed by atoms with Gasteiger partial charge in [0.15, 0.2) is 0 Å². The molecule has 142 valence electrons. The number of nitrogens with two attached hydrogens (primary N) is 1. The van der Waals surface area contributed by atoms with Crippen molar-refractivity contribution in [1.82, 2.24) is 5.32 Å². The Morgan fingerprint density at radius 1 is 1.24 bits per heavy atom. The van der Waals surface area contributed by atoms with E-state index < -0.39 is 5.54 Å². The van der Waals surface area contributed by atoms with E-state index in [9.17, 15) is 4.79 Å². The molecule has 1 aromatic rings. The van der Waals surface area contributed by atoms with Crippen LogP contribution in [0.15, 0.2) is 24.3 Å². The third-order valence-electron chi connectivity index (χ3n) is 5.03. The Bertz CT molecular complexity index is 559. The zero-order valence-corrected chi connectivity index (χ0v) is 16.3. The van der Waals surface area contributed by atoms with Gasteiger partial charge in [-0.3, -0.25) is 4.79 Å². The van der Waals surface area contributed by atoms with Crippen molar-refractivity contribution < 1.29 is 9.53 Å². The quantitative estimate of drug-likeness (QED) is 0.830.